The number of hydrogen-bond donors (Lipinski definition) is 1. The van der Waals surface area contributed by atoms with E-state index in [1.54, 1.807) is 24.0 Å². The molecule has 0 fully saturated rings. The normalized spacial score (nSPS) is 16.1. The lowest BCUT2D eigenvalue weighted by Gasteiger charge is -2.35. The average molecular weight is 403 g/mol. The highest BCUT2D eigenvalue weighted by Gasteiger charge is 2.35. The van der Waals surface area contributed by atoms with Crippen molar-refractivity contribution in [1.82, 2.24) is 9.88 Å². The van der Waals surface area contributed by atoms with Crippen molar-refractivity contribution >= 4 is 28.6 Å². The predicted octanol–water partition coefficient (Wildman–Crippen LogP) is 5.07. The van der Waals surface area contributed by atoms with Gasteiger partial charge in [0.1, 0.15) is 6.04 Å². The third kappa shape index (κ3) is 3.07. The number of hydrogen-bond acceptors (Lipinski definition) is 3. The Balaban J connectivity index is 1.88. The molecule has 7 heteroatoms. The number of fused-ring (bicyclic) bond motifs is 3. The van der Waals surface area contributed by atoms with Crippen molar-refractivity contribution in [2.45, 2.75) is 19.4 Å². The van der Waals surface area contributed by atoms with Gasteiger partial charge < -0.3 is 14.5 Å². The molecule has 28 heavy (non-hydrogen) atoms. The summed E-state index contributed by atoms with van der Waals surface area (Å²) in [6.07, 6.45) is 0.231. The number of H-pyrrole nitrogens is 1. The van der Waals surface area contributed by atoms with Crippen LogP contribution in [0, 0.1) is 5.82 Å². The number of benzene rings is 2. The first-order valence-electron chi connectivity index (χ1n) is 9.10. The molecule has 2 aromatic carbocycles. The monoisotopic (exact) mass is 402 g/mol. The van der Waals surface area contributed by atoms with Gasteiger partial charge in [0.05, 0.1) is 13.7 Å². The highest BCUT2D eigenvalue weighted by Crippen LogP contribution is 2.40. The smallest absolute Gasteiger partial charge is 0.410 e. The summed E-state index contributed by atoms with van der Waals surface area (Å²) in [7, 11) is 1.42. The minimum atomic E-state index is -0.491. The number of nitrogens with zero attached hydrogens (tertiary/aromatic N) is 1. The van der Waals surface area contributed by atoms with Crippen LogP contribution in [-0.2, 0) is 11.2 Å². The van der Waals surface area contributed by atoms with Crippen molar-refractivity contribution in [2.75, 3.05) is 20.3 Å². The fourth-order valence-electron chi connectivity index (χ4n) is 3.86. The largest absolute Gasteiger partial charge is 0.494 e. The van der Waals surface area contributed by atoms with Crippen molar-refractivity contribution in [3.8, 4) is 5.75 Å². The zero-order valence-electron chi connectivity index (χ0n) is 15.6. The zero-order valence-corrected chi connectivity index (χ0v) is 16.3. The Morgan fingerprint density at radius 1 is 1.32 bits per heavy atom. The second-order valence-corrected chi connectivity index (χ2v) is 7.08. The molecule has 1 unspecified atom stereocenters. The van der Waals surface area contributed by atoms with Crippen LogP contribution in [0.15, 0.2) is 36.4 Å². The first-order valence-corrected chi connectivity index (χ1v) is 9.48. The van der Waals surface area contributed by atoms with E-state index in [2.05, 4.69) is 4.98 Å². The van der Waals surface area contributed by atoms with Gasteiger partial charge in [-0.15, -0.1) is 0 Å². The number of nitrogens with one attached hydrogen (secondary N) is 1. The third-order valence-corrected chi connectivity index (χ3v) is 5.32. The Labute approximate surface area is 167 Å². The Morgan fingerprint density at radius 3 is 2.86 bits per heavy atom. The fraction of sp³-hybridized carbons (Fsp3) is 0.286. The van der Waals surface area contributed by atoms with Crippen LogP contribution >= 0.6 is 11.6 Å². The van der Waals surface area contributed by atoms with E-state index < -0.39 is 18.0 Å². The summed E-state index contributed by atoms with van der Waals surface area (Å²) in [6, 6.07) is 9.90. The van der Waals surface area contributed by atoms with E-state index in [9.17, 15) is 9.18 Å². The molecule has 5 nitrogen and oxygen atoms in total. The van der Waals surface area contributed by atoms with Gasteiger partial charge in [-0.05, 0) is 54.8 Å². The van der Waals surface area contributed by atoms with Gasteiger partial charge in [-0.2, -0.15) is 0 Å². The van der Waals surface area contributed by atoms with Crippen molar-refractivity contribution < 1.29 is 18.7 Å². The molecule has 1 amide bonds. The van der Waals surface area contributed by atoms with E-state index in [1.165, 1.54) is 13.2 Å². The maximum absolute atomic E-state index is 14.4. The molecule has 0 spiro atoms. The van der Waals surface area contributed by atoms with E-state index in [1.807, 2.05) is 18.2 Å². The highest BCUT2D eigenvalue weighted by atomic mass is 35.5. The Hall–Kier alpha value is -2.73. The molecular weight excluding hydrogens is 383 g/mol. The van der Waals surface area contributed by atoms with Gasteiger partial charge >= 0.3 is 6.09 Å². The molecular formula is C21H20ClFN2O3. The van der Waals surface area contributed by atoms with Crippen LogP contribution in [0.1, 0.15) is 29.8 Å². The lowest BCUT2D eigenvalue weighted by molar-refractivity contribution is 0.0931. The number of carbonyl (C=O) groups is 1. The Kier molecular flexibility index (Phi) is 4.89. The second-order valence-electron chi connectivity index (χ2n) is 6.65. The average Bonchev–Trinajstić information content (AvgIpc) is 3.05. The number of rotatable bonds is 3. The number of aromatic nitrogens is 1. The maximum Gasteiger partial charge on any atom is 0.410 e. The second kappa shape index (κ2) is 7.36. The Bertz CT molecular complexity index is 1050. The number of carbonyl (C=O) groups excluding carboxylic acids is 1. The van der Waals surface area contributed by atoms with Gasteiger partial charge in [0.2, 0.25) is 0 Å². The molecule has 0 saturated carbocycles. The summed E-state index contributed by atoms with van der Waals surface area (Å²) in [5.74, 6) is -0.319. The molecule has 0 radical (unpaired) electrons. The molecule has 4 rings (SSSR count). The minimum Gasteiger partial charge on any atom is -0.494 e. The summed E-state index contributed by atoms with van der Waals surface area (Å²) in [5.41, 5.74) is 3.50. The summed E-state index contributed by atoms with van der Waals surface area (Å²) in [6.45, 7) is 2.50. The summed E-state index contributed by atoms with van der Waals surface area (Å²) in [4.78, 5) is 17.7. The lowest BCUT2D eigenvalue weighted by Crippen LogP contribution is -2.41. The minimum absolute atomic E-state index is 0.158. The number of ether oxygens (including phenoxy) is 2. The molecule has 1 N–H and O–H groups in total. The standard InChI is InChI=1S/C21H20ClFN2O3/c1-3-28-21(26)25-9-8-14-15-11-13(22)5-6-17(15)24-19(14)20(25)12-4-7-18(27-2)16(23)10-12/h4-7,10-11,20,24H,3,8-9H2,1-2H3. The van der Waals surface area contributed by atoms with Gasteiger partial charge in [-0.25, -0.2) is 9.18 Å². The molecule has 1 atom stereocenters. The Morgan fingerprint density at radius 2 is 2.14 bits per heavy atom. The van der Waals surface area contributed by atoms with Crippen LogP contribution in [0.5, 0.6) is 5.75 Å². The van der Waals surface area contributed by atoms with Crippen molar-refractivity contribution in [3.05, 3.63) is 64.1 Å². The molecule has 2 heterocycles. The SMILES string of the molecule is CCOC(=O)N1CCc2c([nH]c3ccc(Cl)cc23)C1c1ccc(OC)c(F)c1. The van der Waals surface area contributed by atoms with Gasteiger partial charge in [0.25, 0.3) is 0 Å². The molecule has 1 aromatic heterocycles. The van der Waals surface area contributed by atoms with Crippen LogP contribution in [-0.4, -0.2) is 36.2 Å². The van der Waals surface area contributed by atoms with Crippen LogP contribution in [0.25, 0.3) is 10.9 Å². The van der Waals surface area contributed by atoms with Gasteiger partial charge in [0, 0.05) is 28.2 Å². The number of aromatic amines is 1. The number of halogens is 2. The van der Waals surface area contributed by atoms with Gasteiger partial charge in [-0.3, -0.25) is 4.90 Å². The van der Waals surface area contributed by atoms with E-state index in [4.69, 9.17) is 21.1 Å². The predicted molar refractivity (Wildman–Crippen MR) is 106 cm³/mol. The first kappa shape index (κ1) is 18.6. The fourth-order valence-corrected chi connectivity index (χ4v) is 4.04. The maximum atomic E-state index is 14.4. The number of amides is 1. The van der Waals surface area contributed by atoms with E-state index in [0.29, 0.717) is 23.6 Å². The molecule has 146 valence electrons. The third-order valence-electron chi connectivity index (χ3n) is 5.08. The summed E-state index contributed by atoms with van der Waals surface area (Å²) < 4.78 is 24.7. The first-order chi connectivity index (χ1) is 13.5. The van der Waals surface area contributed by atoms with E-state index >= 15 is 0 Å². The molecule has 1 aliphatic heterocycles. The van der Waals surface area contributed by atoms with Crippen molar-refractivity contribution in [3.63, 3.8) is 0 Å². The van der Waals surface area contributed by atoms with Crippen molar-refractivity contribution in [2.24, 2.45) is 0 Å². The number of methoxy groups -OCH3 is 1. The van der Waals surface area contributed by atoms with Gasteiger partial charge in [0.15, 0.2) is 11.6 Å². The molecule has 0 aliphatic carbocycles. The van der Waals surface area contributed by atoms with E-state index in [-0.39, 0.29) is 12.4 Å². The highest BCUT2D eigenvalue weighted by molar-refractivity contribution is 6.31. The van der Waals surface area contributed by atoms with Crippen LogP contribution in [0.3, 0.4) is 0 Å². The van der Waals surface area contributed by atoms with E-state index in [0.717, 1.165) is 22.2 Å². The summed E-state index contributed by atoms with van der Waals surface area (Å²) in [5, 5.41) is 1.67. The molecule has 0 bridgehead atoms. The summed E-state index contributed by atoms with van der Waals surface area (Å²) >= 11 is 6.18. The van der Waals surface area contributed by atoms with Crippen LogP contribution < -0.4 is 4.74 Å². The lowest BCUT2D eigenvalue weighted by atomic mass is 9.92. The van der Waals surface area contributed by atoms with Crippen LogP contribution in [0.2, 0.25) is 5.02 Å². The zero-order chi connectivity index (χ0) is 19.8. The van der Waals surface area contributed by atoms with Crippen molar-refractivity contribution in [1.29, 1.82) is 0 Å². The molecule has 1 aliphatic rings. The quantitative estimate of drug-likeness (QED) is 0.665. The van der Waals surface area contributed by atoms with Gasteiger partial charge in [-0.1, -0.05) is 17.7 Å². The molecule has 0 saturated heterocycles. The molecule has 3 aromatic rings. The van der Waals surface area contributed by atoms with Crippen LogP contribution in [0.4, 0.5) is 9.18 Å². The topological polar surface area (TPSA) is 54.6 Å².